The molecule has 4 rings (SSSR count). The van der Waals surface area contributed by atoms with Crippen LogP contribution in [0.25, 0.3) is 5.82 Å². The molecule has 1 amide bonds. The Morgan fingerprint density at radius 1 is 1.03 bits per heavy atom. The van der Waals surface area contributed by atoms with Crippen molar-refractivity contribution in [1.29, 1.82) is 0 Å². The summed E-state index contributed by atoms with van der Waals surface area (Å²) in [6.07, 6.45) is 3.13. The molecule has 0 radical (unpaired) electrons. The molecule has 0 saturated heterocycles. The molecule has 0 fully saturated rings. The molecule has 0 aliphatic rings. The highest BCUT2D eigenvalue weighted by Crippen LogP contribution is 2.22. The molecular formula is C21H17BrN6O2. The number of halogens is 1. The number of hydrogen-bond acceptors (Lipinski definition) is 6. The van der Waals surface area contributed by atoms with Crippen LogP contribution in [0.5, 0.6) is 11.6 Å². The van der Waals surface area contributed by atoms with Crippen LogP contribution >= 0.6 is 15.9 Å². The van der Waals surface area contributed by atoms with Crippen LogP contribution in [0.1, 0.15) is 21.7 Å². The van der Waals surface area contributed by atoms with Gasteiger partial charge in [0, 0.05) is 34.3 Å². The van der Waals surface area contributed by atoms with Crippen molar-refractivity contribution in [3.63, 3.8) is 0 Å². The summed E-state index contributed by atoms with van der Waals surface area (Å²) in [5, 5.41) is 15.5. The number of anilines is 1. The maximum atomic E-state index is 12.3. The van der Waals surface area contributed by atoms with Gasteiger partial charge in [0.25, 0.3) is 5.91 Å². The van der Waals surface area contributed by atoms with Gasteiger partial charge in [-0.3, -0.25) is 9.78 Å². The average Bonchev–Trinajstić information content (AvgIpc) is 3.08. The highest BCUT2D eigenvalue weighted by Gasteiger charge is 2.09. The number of benzene rings is 1. The van der Waals surface area contributed by atoms with E-state index in [0.29, 0.717) is 28.7 Å². The van der Waals surface area contributed by atoms with Gasteiger partial charge in [0.1, 0.15) is 5.75 Å². The zero-order valence-corrected chi connectivity index (χ0v) is 17.8. The Hall–Kier alpha value is -3.59. The topological polar surface area (TPSA) is 94.8 Å². The van der Waals surface area contributed by atoms with Crippen LogP contribution in [0, 0.1) is 13.8 Å². The minimum Gasteiger partial charge on any atom is -0.438 e. The monoisotopic (exact) mass is 464 g/mol. The number of carbonyl (C=O) groups excluding carboxylic acids is 1. The SMILES string of the molecule is Cc1cc(C)n(-c2ccc(Oc3ccc(NC(=O)c4cncc(Br)c4)cc3)nn2)n1. The predicted octanol–water partition coefficient (Wildman–Crippen LogP) is 4.48. The van der Waals surface area contributed by atoms with Gasteiger partial charge in [0.05, 0.1) is 11.3 Å². The van der Waals surface area contributed by atoms with E-state index in [1.165, 1.54) is 6.20 Å². The highest BCUT2D eigenvalue weighted by molar-refractivity contribution is 9.10. The third-order valence-corrected chi connectivity index (χ3v) is 4.59. The second-order valence-corrected chi connectivity index (χ2v) is 7.46. The molecule has 0 aliphatic carbocycles. The number of aromatic nitrogens is 5. The Labute approximate surface area is 181 Å². The van der Waals surface area contributed by atoms with Crippen molar-refractivity contribution in [3.8, 4) is 17.4 Å². The van der Waals surface area contributed by atoms with Crippen LogP contribution in [0.15, 0.2) is 65.4 Å². The minimum atomic E-state index is -0.247. The third-order valence-electron chi connectivity index (χ3n) is 4.15. The summed E-state index contributed by atoms with van der Waals surface area (Å²) >= 11 is 3.30. The molecule has 3 heterocycles. The zero-order valence-electron chi connectivity index (χ0n) is 16.2. The van der Waals surface area contributed by atoms with E-state index >= 15 is 0 Å². The van der Waals surface area contributed by atoms with Gasteiger partial charge in [-0.2, -0.15) is 5.10 Å². The molecule has 0 unspecified atom stereocenters. The number of rotatable bonds is 5. The molecule has 3 aromatic heterocycles. The normalized spacial score (nSPS) is 10.6. The number of hydrogen-bond donors (Lipinski definition) is 1. The first-order valence-electron chi connectivity index (χ1n) is 9.05. The predicted molar refractivity (Wildman–Crippen MR) is 115 cm³/mol. The van der Waals surface area contributed by atoms with E-state index in [4.69, 9.17) is 4.74 Å². The summed E-state index contributed by atoms with van der Waals surface area (Å²) in [4.78, 5) is 16.3. The van der Waals surface area contributed by atoms with Gasteiger partial charge in [-0.1, -0.05) is 0 Å². The van der Waals surface area contributed by atoms with Gasteiger partial charge < -0.3 is 10.1 Å². The second-order valence-electron chi connectivity index (χ2n) is 6.54. The molecule has 8 nitrogen and oxygen atoms in total. The standard InChI is InChI=1S/C21H17BrN6O2/c1-13-9-14(2)28(27-13)19-7-8-20(26-25-19)30-18-5-3-17(4-6-18)24-21(29)15-10-16(22)12-23-11-15/h3-12H,1-2H3,(H,24,29). The van der Waals surface area contributed by atoms with Crippen LogP contribution in [0.3, 0.4) is 0 Å². The van der Waals surface area contributed by atoms with Crippen molar-refractivity contribution in [2.45, 2.75) is 13.8 Å². The third kappa shape index (κ3) is 4.52. The number of carbonyl (C=O) groups is 1. The van der Waals surface area contributed by atoms with E-state index in [1.807, 2.05) is 19.9 Å². The van der Waals surface area contributed by atoms with E-state index in [1.54, 1.807) is 53.3 Å². The maximum Gasteiger partial charge on any atom is 0.257 e. The van der Waals surface area contributed by atoms with Crippen LogP contribution in [-0.4, -0.2) is 30.9 Å². The number of nitrogens with one attached hydrogen (secondary N) is 1. The van der Waals surface area contributed by atoms with E-state index in [-0.39, 0.29) is 5.91 Å². The average molecular weight is 465 g/mol. The lowest BCUT2D eigenvalue weighted by Gasteiger charge is -2.08. The maximum absolute atomic E-state index is 12.3. The smallest absolute Gasteiger partial charge is 0.257 e. The second kappa shape index (κ2) is 8.42. The van der Waals surface area contributed by atoms with Crippen molar-refractivity contribution in [2.24, 2.45) is 0 Å². The molecule has 0 aliphatic heterocycles. The van der Waals surface area contributed by atoms with Crippen LogP contribution in [-0.2, 0) is 0 Å². The molecule has 4 aromatic rings. The molecule has 9 heteroatoms. The molecule has 0 saturated carbocycles. The zero-order chi connectivity index (χ0) is 21.1. The number of nitrogens with zero attached hydrogens (tertiary/aromatic N) is 5. The summed E-state index contributed by atoms with van der Waals surface area (Å²) in [7, 11) is 0. The van der Waals surface area contributed by atoms with Gasteiger partial charge in [-0.15, -0.1) is 10.2 Å². The highest BCUT2D eigenvalue weighted by atomic mass is 79.9. The van der Waals surface area contributed by atoms with E-state index in [2.05, 4.69) is 41.5 Å². The Morgan fingerprint density at radius 2 is 1.83 bits per heavy atom. The summed E-state index contributed by atoms with van der Waals surface area (Å²) in [6, 6.07) is 14.2. The largest absolute Gasteiger partial charge is 0.438 e. The lowest BCUT2D eigenvalue weighted by atomic mass is 10.2. The Bertz CT molecular complexity index is 1190. The number of pyridine rings is 1. The van der Waals surface area contributed by atoms with Crippen molar-refractivity contribution < 1.29 is 9.53 Å². The quantitative estimate of drug-likeness (QED) is 0.467. The van der Waals surface area contributed by atoms with Crippen LogP contribution < -0.4 is 10.1 Å². The van der Waals surface area contributed by atoms with Crippen molar-refractivity contribution in [2.75, 3.05) is 5.32 Å². The van der Waals surface area contributed by atoms with E-state index < -0.39 is 0 Å². The Morgan fingerprint density at radius 3 is 2.47 bits per heavy atom. The molecule has 30 heavy (non-hydrogen) atoms. The lowest BCUT2D eigenvalue weighted by molar-refractivity contribution is 0.102. The molecule has 1 aromatic carbocycles. The number of aryl methyl sites for hydroxylation is 2. The molecule has 0 bridgehead atoms. The lowest BCUT2D eigenvalue weighted by Crippen LogP contribution is -2.12. The Kier molecular flexibility index (Phi) is 5.53. The summed E-state index contributed by atoms with van der Waals surface area (Å²) in [5.74, 6) is 1.30. The first kappa shape index (κ1) is 19.7. The fourth-order valence-electron chi connectivity index (χ4n) is 2.81. The first-order chi connectivity index (χ1) is 14.5. The van der Waals surface area contributed by atoms with Crippen LogP contribution in [0.2, 0.25) is 0 Å². The van der Waals surface area contributed by atoms with E-state index in [9.17, 15) is 4.79 Å². The van der Waals surface area contributed by atoms with Crippen molar-refractivity contribution in [3.05, 3.63) is 82.3 Å². The number of amides is 1. The summed E-state index contributed by atoms with van der Waals surface area (Å²) in [6.45, 7) is 3.88. The molecule has 0 atom stereocenters. The van der Waals surface area contributed by atoms with E-state index in [0.717, 1.165) is 15.9 Å². The van der Waals surface area contributed by atoms with Crippen LogP contribution in [0.4, 0.5) is 5.69 Å². The summed E-state index contributed by atoms with van der Waals surface area (Å²) in [5.41, 5.74) is 2.99. The molecule has 1 N–H and O–H groups in total. The number of ether oxygens (including phenoxy) is 1. The van der Waals surface area contributed by atoms with Gasteiger partial charge in [0.15, 0.2) is 5.82 Å². The minimum absolute atomic E-state index is 0.247. The molecule has 0 spiro atoms. The van der Waals surface area contributed by atoms with Crippen molar-refractivity contribution >= 4 is 27.5 Å². The van der Waals surface area contributed by atoms with Gasteiger partial charge in [0.2, 0.25) is 5.88 Å². The van der Waals surface area contributed by atoms with Crippen molar-refractivity contribution in [1.82, 2.24) is 25.0 Å². The Balaban J connectivity index is 1.41. The van der Waals surface area contributed by atoms with Gasteiger partial charge >= 0.3 is 0 Å². The molecule has 150 valence electrons. The summed E-state index contributed by atoms with van der Waals surface area (Å²) < 4.78 is 8.20. The van der Waals surface area contributed by atoms with Gasteiger partial charge in [-0.05, 0) is 72.2 Å². The first-order valence-corrected chi connectivity index (χ1v) is 9.84. The molecular weight excluding hydrogens is 448 g/mol. The van der Waals surface area contributed by atoms with Gasteiger partial charge in [-0.25, -0.2) is 4.68 Å². The fourth-order valence-corrected chi connectivity index (χ4v) is 3.17. The fraction of sp³-hybridized carbons (Fsp3) is 0.0952.